The van der Waals surface area contributed by atoms with E-state index in [1.165, 1.54) is 4.57 Å². The maximum Gasteiger partial charge on any atom is 0.257 e. The second-order valence-electron chi connectivity index (χ2n) is 4.06. The summed E-state index contributed by atoms with van der Waals surface area (Å²) in [6.45, 7) is 2.25. The van der Waals surface area contributed by atoms with Crippen LogP contribution < -0.4 is 5.56 Å². The van der Waals surface area contributed by atoms with Gasteiger partial charge in [-0.05, 0) is 6.92 Å². The van der Waals surface area contributed by atoms with Gasteiger partial charge in [0, 0.05) is 12.1 Å². The lowest BCUT2D eigenvalue weighted by Gasteiger charge is -2.08. The van der Waals surface area contributed by atoms with Gasteiger partial charge in [0.15, 0.2) is 10.9 Å². The largest absolute Gasteiger partial charge is 0.493 e. The van der Waals surface area contributed by atoms with Crippen molar-refractivity contribution in [3.05, 3.63) is 52.3 Å². The highest BCUT2D eigenvalue weighted by Crippen LogP contribution is 2.18. The molecule has 0 aliphatic heterocycles. The van der Waals surface area contributed by atoms with Gasteiger partial charge in [-0.2, -0.15) is 4.98 Å². The Kier molecular flexibility index (Phi) is 4.57. The third-order valence-electron chi connectivity index (χ3n) is 2.70. The highest BCUT2D eigenvalue weighted by molar-refractivity contribution is 7.99. The molecule has 5 nitrogen and oxygen atoms in total. The molecular weight excluding hydrogens is 276 g/mol. The lowest BCUT2D eigenvalue weighted by molar-refractivity contribution is 0.102. The van der Waals surface area contributed by atoms with Crippen molar-refractivity contribution in [1.82, 2.24) is 9.55 Å². The minimum Gasteiger partial charge on any atom is -0.493 e. The lowest BCUT2D eigenvalue weighted by Crippen LogP contribution is -2.21. The molecule has 0 aliphatic carbocycles. The van der Waals surface area contributed by atoms with Crippen LogP contribution in [-0.2, 0) is 6.54 Å². The molecule has 1 N–H and O–H groups in total. The first-order valence-electron chi connectivity index (χ1n) is 6.13. The van der Waals surface area contributed by atoms with Crippen molar-refractivity contribution in [1.29, 1.82) is 0 Å². The Bertz CT molecular complexity index is 668. The van der Waals surface area contributed by atoms with Gasteiger partial charge in [0.1, 0.15) is 0 Å². The highest BCUT2D eigenvalue weighted by atomic mass is 32.2. The SMILES string of the molecule is CCn1c(SCC(=O)c2ccccc2)nc(O)cc1=O. The van der Waals surface area contributed by atoms with Gasteiger partial charge in [0.25, 0.3) is 5.56 Å². The Morgan fingerprint density at radius 1 is 1.35 bits per heavy atom. The average molecular weight is 290 g/mol. The fourth-order valence-corrected chi connectivity index (χ4v) is 2.67. The molecule has 20 heavy (non-hydrogen) atoms. The first-order valence-corrected chi connectivity index (χ1v) is 7.12. The van der Waals surface area contributed by atoms with Crippen LogP contribution in [0.25, 0.3) is 0 Å². The number of carbonyl (C=O) groups excluding carboxylic acids is 1. The normalized spacial score (nSPS) is 10.4. The van der Waals surface area contributed by atoms with E-state index in [2.05, 4.69) is 4.98 Å². The van der Waals surface area contributed by atoms with Crippen LogP contribution in [0.3, 0.4) is 0 Å². The number of hydrogen-bond donors (Lipinski definition) is 1. The summed E-state index contributed by atoms with van der Waals surface area (Å²) < 4.78 is 1.42. The second-order valence-corrected chi connectivity index (χ2v) is 5.00. The summed E-state index contributed by atoms with van der Waals surface area (Å²) in [6.07, 6.45) is 0. The van der Waals surface area contributed by atoms with Crippen molar-refractivity contribution < 1.29 is 9.90 Å². The molecule has 0 fully saturated rings. The minimum absolute atomic E-state index is 0.0455. The Hall–Kier alpha value is -2.08. The molecule has 1 aromatic carbocycles. The number of Topliss-reactive ketones (excluding diaryl/α,β-unsaturated/α-hetero) is 1. The molecule has 0 amide bonds. The van der Waals surface area contributed by atoms with Crippen LogP contribution in [0.1, 0.15) is 17.3 Å². The topological polar surface area (TPSA) is 72.2 Å². The van der Waals surface area contributed by atoms with Gasteiger partial charge in [0.2, 0.25) is 5.88 Å². The van der Waals surface area contributed by atoms with E-state index in [1.807, 2.05) is 13.0 Å². The zero-order valence-corrected chi connectivity index (χ0v) is 11.8. The molecule has 2 aromatic rings. The second kappa shape index (κ2) is 6.38. The Labute approximate surface area is 120 Å². The number of hydrogen-bond acceptors (Lipinski definition) is 5. The van der Waals surface area contributed by atoms with Gasteiger partial charge in [-0.1, -0.05) is 42.1 Å². The van der Waals surface area contributed by atoms with Crippen LogP contribution in [0.2, 0.25) is 0 Å². The maximum absolute atomic E-state index is 12.0. The zero-order valence-electron chi connectivity index (χ0n) is 10.9. The standard InChI is InChI=1S/C14H14N2O3S/c1-2-16-13(19)8-12(18)15-14(16)20-9-11(17)10-6-4-3-5-7-10/h3-8,18H,2,9H2,1H3. The number of thioether (sulfide) groups is 1. The minimum atomic E-state index is -0.325. The first-order chi connectivity index (χ1) is 9.61. The number of ketones is 1. The molecule has 0 unspecified atom stereocenters. The van der Waals surface area contributed by atoms with Crippen molar-refractivity contribution in [3.63, 3.8) is 0 Å². The van der Waals surface area contributed by atoms with Crippen LogP contribution in [0, 0.1) is 0 Å². The van der Waals surface area contributed by atoms with Crippen molar-refractivity contribution in [2.24, 2.45) is 0 Å². The zero-order chi connectivity index (χ0) is 14.5. The number of rotatable bonds is 5. The number of aromatic nitrogens is 2. The summed E-state index contributed by atoms with van der Waals surface area (Å²) in [6, 6.07) is 9.98. The fourth-order valence-electron chi connectivity index (χ4n) is 1.71. The third kappa shape index (κ3) is 3.27. The van der Waals surface area contributed by atoms with E-state index in [9.17, 15) is 14.7 Å². The smallest absolute Gasteiger partial charge is 0.257 e. The molecule has 1 heterocycles. The van der Waals surface area contributed by atoms with E-state index < -0.39 is 0 Å². The van der Waals surface area contributed by atoms with E-state index in [-0.39, 0.29) is 23.0 Å². The quantitative estimate of drug-likeness (QED) is 0.517. The summed E-state index contributed by atoms with van der Waals surface area (Å²) in [4.78, 5) is 27.6. The predicted molar refractivity (Wildman–Crippen MR) is 77.3 cm³/mol. The summed E-state index contributed by atoms with van der Waals surface area (Å²) >= 11 is 1.15. The molecule has 104 valence electrons. The van der Waals surface area contributed by atoms with Gasteiger partial charge < -0.3 is 5.11 Å². The van der Waals surface area contributed by atoms with Gasteiger partial charge >= 0.3 is 0 Å². The van der Waals surface area contributed by atoms with Gasteiger partial charge in [-0.3, -0.25) is 14.2 Å². The molecule has 2 rings (SSSR count). The average Bonchev–Trinajstić information content (AvgIpc) is 2.45. The van der Waals surface area contributed by atoms with E-state index in [0.717, 1.165) is 17.8 Å². The summed E-state index contributed by atoms with van der Waals surface area (Å²) in [5.74, 6) is -0.204. The van der Waals surface area contributed by atoms with Crippen molar-refractivity contribution >= 4 is 17.5 Å². The lowest BCUT2D eigenvalue weighted by atomic mass is 10.2. The van der Waals surface area contributed by atoms with Gasteiger partial charge in [-0.25, -0.2) is 0 Å². The Morgan fingerprint density at radius 2 is 2.05 bits per heavy atom. The molecule has 0 saturated carbocycles. The van der Waals surface area contributed by atoms with Crippen LogP contribution in [0.15, 0.2) is 46.3 Å². The number of nitrogens with zero attached hydrogens (tertiary/aromatic N) is 2. The molecule has 0 aliphatic rings. The molecule has 0 bridgehead atoms. The van der Waals surface area contributed by atoms with E-state index in [0.29, 0.717) is 17.3 Å². The summed E-state index contributed by atoms with van der Waals surface area (Å²) in [5.41, 5.74) is 0.292. The number of benzene rings is 1. The fraction of sp³-hybridized carbons (Fsp3) is 0.214. The Balaban J connectivity index is 2.15. The third-order valence-corrected chi connectivity index (χ3v) is 3.68. The molecule has 0 radical (unpaired) electrons. The summed E-state index contributed by atoms with van der Waals surface area (Å²) in [5, 5.41) is 9.72. The van der Waals surface area contributed by atoms with Gasteiger partial charge in [0.05, 0.1) is 11.8 Å². The molecule has 0 spiro atoms. The number of aromatic hydroxyl groups is 1. The van der Waals surface area contributed by atoms with Crippen LogP contribution >= 0.6 is 11.8 Å². The van der Waals surface area contributed by atoms with Crippen LogP contribution in [0.4, 0.5) is 0 Å². The first kappa shape index (κ1) is 14.3. The highest BCUT2D eigenvalue weighted by Gasteiger charge is 2.11. The van der Waals surface area contributed by atoms with Gasteiger partial charge in [-0.15, -0.1) is 0 Å². The molecule has 0 atom stereocenters. The van der Waals surface area contributed by atoms with Crippen LogP contribution in [-0.4, -0.2) is 26.2 Å². The van der Waals surface area contributed by atoms with E-state index in [4.69, 9.17) is 0 Å². The van der Waals surface area contributed by atoms with Crippen LogP contribution in [0.5, 0.6) is 5.88 Å². The van der Waals surface area contributed by atoms with E-state index >= 15 is 0 Å². The molecular formula is C14H14N2O3S. The predicted octanol–water partition coefficient (Wildman–Crippen LogP) is 1.94. The summed E-state index contributed by atoms with van der Waals surface area (Å²) in [7, 11) is 0. The van der Waals surface area contributed by atoms with Crippen molar-refractivity contribution in [2.45, 2.75) is 18.6 Å². The molecule has 6 heteroatoms. The van der Waals surface area contributed by atoms with E-state index in [1.54, 1.807) is 24.3 Å². The molecule has 0 saturated heterocycles. The van der Waals surface area contributed by atoms with Crippen molar-refractivity contribution in [3.8, 4) is 5.88 Å². The van der Waals surface area contributed by atoms with Crippen molar-refractivity contribution in [2.75, 3.05) is 5.75 Å². The Morgan fingerprint density at radius 3 is 2.70 bits per heavy atom. The molecule has 1 aromatic heterocycles. The monoisotopic (exact) mass is 290 g/mol. The maximum atomic E-state index is 12.0. The number of carbonyl (C=O) groups is 1.